The minimum Gasteiger partial charge on any atom is -0.536 e. The molecule has 0 unspecified atom stereocenters. The van der Waals surface area contributed by atoms with Gasteiger partial charge >= 0.3 is 7.05 Å². The average molecular weight is 525 g/mol. The molecule has 0 aliphatic carbocycles. The van der Waals surface area contributed by atoms with E-state index in [4.69, 9.17) is 14.1 Å². The standard InChI is InChI=1S/C35H20BN3O2/c1-4-11-28-22(8-1)23-9-2-5-12-29(23)38(28)21-15-16-27-26(18-21)35-30(13-7-17-37-35)39-31-20-33-25(19-34(31)41-36(27)39)24-10-3-6-14-32(24)40-33/h1-20H. The number of fused-ring (bicyclic) bond motifs is 14. The maximum absolute atomic E-state index is 6.74. The summed E-state index contributed by atoms with van der Waals surface area (Å²) in [5.41, 5.74) is 10.4. The lowest BCUT2D eigenvalue weighted by Crippen LogP contribution is -2.50. The molecular weight excluding hydrogens is 505 g/mol. The highest BCUT2D eigenvalue weighted by atomic mass is 16.5. The van der Waals surface area contributed by atoms with Crippen molar-refractivity contribution in [2.24, 2.45) is 0 Å². The van der Waals surface area contributed by atoms with Crippen molar-refractivity contribution in [1.82, 2.24) is 9.55 Å². The van der Waals surface area contributed by atoms with Crippen molar-refractivity contribution in [2.75, 3.05) is 4.81 Å². The number of hydrogen-bond acceptors (Lipinski definition) is 4. The van der Waals surface area contributed by atoms with Gasteiger partial charge in [0.25, 0.3) is 0 Å². The Kier molecular flexibility index (Phi) is 3.95. The number of anilines is 2. The number of pyridine rings is 1. The first-order chi connectivity index (χ1) is 20.3. The zero-order valence-corrected chi connectivity index (χ0v) is 21.8. The molecule has 2 aliphatic heterocycles. The summed E-state index contributed by atoms with van der Waals surface area (Å²) >= 11 is 0. The molecule has 0 amide bonds. The van der Waals surface area contributed by atoms with Crippen LogP contribution in [0.3, 0.4) is 0 Å². The van der Waals surface area contributed by atoms with Crippen LogP contribution in [0, 0.1) is 0 Å². The van der Waals surface area contributed by atoms with Gasteiger partial charge in [0.15, 0.2) is 0 Å². The van der Waals surface area contributed by atoms with E-state index in [9.17, 15) is 0 Å². The van der Waals surface area contributed by atoms with Crippen LogP contribution < -0.4 is 14.9 Å². The summed E-state index contributed by atoms with van der Waals surface area (Å²) in [5, 5.41) is 4.65. The zero-order chi connectivity index (χ0) is 26.7. The Morgan fingerprint density at radius 2 is 1.37 bits per heavy atom. The highest BCUT2D eigenvalue weighted by Gasteiger charge is 2.46. The molecule has 0 atom stereocenters. The quantitative estimate of drug-likeness (QED) is 0.204. The lowest BCUT2D eigenvalue weighted by Gasteiger charge is -2.30. The minimum absolute atomic E-state index is 0.290. The zero-order valence-electron chi connectivity index (χ0n) is 21.8. The second-order valence-electron chi connectivity index (χ2n) is 10.8. The molecule has 190 valence electrons. The van der Waals surface area contributed by atoms with Gasteiger partial charge in [0.1, 0.15) is 16.9 Å². The second kappa shape index (κ2) is 7.58. The third-order valence-electron chi connectivity index (χ3n) is 8.63. The van der Waals surface area contributed by atoms with Crippen LogP contribution in [0.25, 0.3) is 60.7 Å². The van der Waals surface area contributed by atoms with Crippen molar-refractivity contribution in [3.63, 3.8) is 0 Å². The van der Waals surface area contributed by atoms with Gasteiger partial charge in [-0.05, 0) is 54.0 Å². The van der Waals surface area contributed by atoms with Crippen LogP contribution in [0.4, 0.5) is 11.4 Å². The summed E-state index contributed by atoms with van der Waals surface area (Å²) in [6.07, 6.45) is 1.87. The Hall–Kier alpha value is -5.49. The molecule has 2 aliphatic rings. The predicted molar refractivity (Wildman–Crippen MR) is 166 cm³/mol. The molecule has 5 nitrogen and oxygen atoms in total. The van der Waals surface area contributed by atoms with E-state index in [1.807, 2.05) is 30.5 Å². The van der Waals surface area contributed by atoms with Gasteiger partial charge in [-0.2, -0.15) is 0 Å². The monoisotopic (exact) mass is 525 g/mol. The number of furan rings is 1. The molecule has 0 saturated heterocycles. The van der Waals surface area contributed by atoms with Crippen LogP contribution in [0.15, 0.2) is 126 Å². The highest BCUT2D eigenvalue weighted by molar-refractivity contribution is 6.77. The highest BCUT2D eigenvalue weighted by Crippen LogP contribution is 2.49. The Balaban J connectivity index is 1.20. The van der Waals surface area contributed by atoms with Crippen LogP contribution in [-0.2, 0) is 0 Å². The summed E-state index contributed by atoms with van der Waals surface area (Å²) in [6, 6.07) is 40.4. The second-order valence-corrected chi connectivity index (χ2v) is 10.8. The smallest absolute Gasteiger partial charge is 0.525 e. The Morgan fingerprint density at radius 3 is 2.20 bits per heavy atom. The van der Waals surface area contributed by atoms with E-state index in [1.54, 1.807) is 0 Å². The molecule has 3 aromatic heterocycles. The van der Waals surface area contributed by atoms with Gasteiger partial charge in [-0.3, -0.25) is 4.98 Å². The molecule has 5 heterocycles. The first kappa shape index (κ1) is 21.4. The van der Waals surface area contributed by atoms with E-state index < -0.39 is 0 Å². The number of aromatic nitrogens is 2. The van der Waals surface area contributed by atoms with Gasteiger partial charge in [0.05, 0.1) is 28.1 Å². The molecule has 0 bridgehead atoms. The Morgan fingerprint density at radius 1 is 0.610 bits per heavy atom. The van der Waals surface area contributed by atoms with Gasteiger partial charge in [-0.25, -0.2) is 0 Å². The number of benzene rings is 5. The number of para-hydroxylation sites is 3. The molecule has 0 saturated carbocycles. The summed E-state index contributed by atoms with van der Waals surface area (Å²) in [7, 11) is -0.290. The van der Waals surface area contributed by atoms with E-state index in [0.29, 0.717) is 0 Å². The third-order valence-corrected chi connectivity index (χ3v) is 8.63. The van der Waals surface area contributed by atoms with Crippen molar-refractivity contribution in [1.29, 1.82) is 0 Å². The van der Waals surface area contributed by atoms with Crippen molar-refractivity contribution in [3.8, 4) is 22.7 Å². The molecule has 10 rings (SSSR count). The first-order valence-corrected chi connectivity index (χ1v) is 13.8. The van der Waals surface area contributed by atoms with Crippen LogP contribution in [0.1, 0.15) is 0 Å². The van der Waals surface area contributed by atoms with E-state index in [0.717, 1.165) is 61.5 Å². The summed E-state index contributed by atoms with van der Waals surface area (Å²) < 4.78 is 15.3. The molecule has 41 heavy (non-hydrogen) atoms. The molecule has 6 heteroatoms. The van der Waals surface area contributed by atoms with Crippen molar-refractivity contribution >= 4 is 67.6 Å². The number of rotatable bonds is 1. The fraction of sp³-hybridized carbons (Fsp3) is 0. The maximum atomic E-state index is 6.74. The number of nitrogens with zero attached hydrogens (tertiary/aromatic N) is 3. The normalized spacial score (nSPS) is 13.5. The van der Waals surface area contributed by atoms with Gasteiger partial charge in [0.2, 0.25) is 0 Å². The predicted octanol–water partition coefficient (Wildman–Crippen LogP) is 7.98. The summed E-state index contributed by atoms with van der Waals surface area (Å²) in [6.45, 7) is 0. The molecule has 8 aromatic rings. The largest absolute Gasteiger partial charge is 0.536 e. The van der Waals surface area contributed by atoms with E-state index in [1.165, 1.54) is 21.8 Å². The SMILES string of the molecule is c1cnc2c(c1)N1B(Oc3cc4c(cc31)oc1ccccc14)c1ccc(-n3c4ccccc4c4ccccc43)cc1-2. The van der Waals surface area contributed by atoms with Gasteiger partial charge in [0, 0.05) is 45.1 Å². The van der Waals surface area contributed by atoms with E-state index >= 15 is 0 Å². The molecular formula is C35H20BN3O2. The maximum Gasteiger partial charge on any atom is 0.525 e. The van der Waals surface area contributed by atoms with Crippen molar-refractivity contribution in [2.45, 2.75) is 0 Å². The summed E-state index contributed by atoms with van der Waals surface area (Å²) in [4.78, 5) is 7.16. The Labute approximate surface area is 235 Å². The Bertz CT molecular complexity index is 2330. The fourth-order valence-electron chi connectivity index (χ4n) is 6.88. The van der Waals surface area contributed by atoms with Crippen LogP contribution in [0.2, 0.25) is 0 Å². The van der Waals surface area contributed by atoms with Gasteiger partial charge in [-0.15, -0.1) is 0 Å². The molecule has 0 fully saturated rings. The summed E-state index contributed by atoms with van der Waals surface area (Å²) in [5.74, 6) is 0.850. The van der Waals surface area contributed by atoms with Crippen LogP contribution >= 0.6 is 0 Å². The lowest BCUT2D eigenvalue weighted by atomic mass is 9.65. The average Bonchev–Trinajstić information content (AvgIpc) is 3.69. The van der Waals surface area contributed by atoms with Crippen LogP contribution in [-0.4, -0.2) is 16.6 Å². The van der Waals surface area contributed by atoms with Gasteiger partial charge < -0.3 is 18.4 Å². The van der Waals surface area contributed by atoms with Crippen LogP contribution in [0.5, 0.6) is 5.75 Å². The van der Waals surface area contributed by atoms with Gasteiger partial charge in [-0.1, -0.05) is 60.7 Å². The molecule has 5 aromatic carbocycles. The molecule has 0 spiro atoms. The fourth-order valence-corrected chi connectivity index (χ4v) is 6.88. The molecule has 0 radical (unpaired) electrons. The molecule has 0 N–H and O–H groups in total. The van der Waals surface area contributed by atoms with Crippen molar-refractivity contribution in [3.05, 3.63) is 121 Å². The third kappa shape index (κ3) is 2.73. The van der Waals surface area contributed by atoms with E-state index in [2.05, 4.69) is 100 Å². The topological polar surface area (TPSA) is 43.4 Å². The van der Waals surface area contributed by atoms with Crippen molar-refractivity contribution < 1.29 is 9.07 Å². The van der Waals surface area contributed by atoms with E-state index in [-0.39, 0.29) is 7.05 Å². The first-order valence-electron chi connectivity index (χ1n) is 13.8. The number of hydrogen-bond donors (Lipinski definition) is 0. The minimum atomic E-state index is -0.290. The lowest BCUT2D eigenvalue weighted by molar-refractivity contribution is 0.603.